The van der Waals surface area contributed by atoms with Gasteiger partial charge in [-0.1, -0.05) is 48.6 Å². The van der Waals surface area contributed by atoms with E-state index in [0.29, 0.717) is 11.3 Å². The average Bonchev–Trinajstić information content (AvgIpc) is 2.59. The monoisotopic (exact) mass is 358 g/mol. The first-order valence-corrected chi connectivity index (χ1v) is 8.93. The van der Waals surface area contributed by atoms with E-state index in [1.807, 2.05) is 65.8 Å². The topological polar surface area (TPSA) is 49.8 Å². The highest BCUT2D eigenvalue weighted by Crippen LogP contribution is 2.40. The molecule has 0 saturated carbocycles. The first-order chi connectivity index (χ1) is 12.6. The molecule has 0 radical (unpaired) electrons. The lowest BCUT2D eigenvalue weighted by Gasteiger charge is -2.24. The Morgan fingerprint density at radius 3 is 1.89 bits per heavy atom. The molecule has 140 valence electrons. The van der Waals surface area contributed by atoms with Gasteiger partial charge in [0.05, 0.1) is 11.6 Å². The van der Waals surface area contributed by atoms with Gasteiger partial charge in [0.1, 0.15) is 0 Å². The maximum atomic E-state index is 9.23. The Labute approximate surface area is 164 Å². The Bertz CT molecular complexity index is 925. The van der Waals surface area contributed by atoms with Gasteiger partial charge in [0.2, 0.25) is 0 Å². The highest BCUT2D eigenvalue weighted by atomic mass is 14.6. The molecule has 0 spiro atoms. The molecule has 0 heterocycles. The number of allylic oxidation sites excluding steroid dienone is 8. The number of hydrogen-bond donors (Lipinski definition) is 1. The number of aryl methyl sites for hydroxylation is 1. The molecule has 0 saturated heterocycles. The van der Waals surface area contributed by atoms with Crippen molar-refractivity contribution in [3.63, 3.8) is 0 Å². The molecule has 1 rings (SSSR count). The molecule has 0 aromatic heterocycles. The first-order valence-electron chi connectivity index (χ1n) is 8.93. The second kappa shape index (κ2) is 9.05. The van der Waals surface area contributed by atoms with Crippen molar-refractivity contribution in [2.45, 2.75) is 41.5 Å². The van der Waals surface area contributed by atoms with Crippen molar-refractivity contribution in [1.29, 1.82) is 5.26 Å². The molecule has 0 unspecified atom stereocenters. The lowest BCUT2D eigenvalue weighted by atomic mass is 9.80. The predicted molar refractivity (Wildman–Crippen MR) is 118 cm³/mol. The van der Waals surface area contributed by atoms with Gasteiger partial charge in [-0.05, 0) is 87.1 Å². The summed E-state index contributed by atoms with van der Waals surface area (Å²) in [6.45, 7) is 24.5. The van der Waals surface area contributed by atoms with E-state index in [2.05, 4.69) is 25.8 Å². The van der Waals surface area contributed by atoms with Gasteiger partial charge in [-0.25, -0.2) is 0 Å². The van der Waals surface area contributed by atoms with Crippen LogP contribution in [0.2, 0.25) is 0 Å². The fourth-order valence-corrected chi connectivity index (χ4v) is 3.28. The maximum Gasteiger partial charge on any atom is 0.0991 e. The molecule has 0 amide bonds. The van der Waals surface area contributed by atoms with Crippen LogP contribution in [0.15, 0.2) is 83.1 Å². The van der Waals surface area contributed by atoms with Crippen LogP contribution in [-0.4, -0.2) is 0 Å². The van der Waals surface area contributed by atoms with E-state index >= 15 is 0 Å². The lowest BCUT2D eigenvalue weighted by Crippen LogP contribution is -2.07. The molecule has 2 N–H and O–H groups in total. The highest BCUT2D eigenvalue weighted by molar-refractivity contribution is 5.92. The molecular formula is C25H30N2. The molecule has 0 aliphatic rings. The van der Waals surface area contributed by atoms with Crippen molar-refractivity contribution in [2.24, 2.45) is 5.73 Å². The maximum absolute atomic E-state index is 9.23. The first kappa shape index (κ1) is 22.0. The van der Waals surface area contributed by atoms with Crippen LogP contribution in [0, 0.1) is 18.3 Å². The Balaban J connectivity index is 4.18. The second-order valence-corrected chi connectivity index (χ2v) is 6.98. The predicted octanol–water partition coefficient (Wildman–Crippen LogP) is 6.53. The molecule has 27 heavy (non-hydrogen) atoms. The van der Waals surface area contributed by atoms with Gasteiger partial charge >= 0.3 is 0 Å². The Morgan fingerprint density at radius 2 is 1.52 bits per heavy atom. The van der Waals surface area contributed by atoms with Crippen LogP contribution < -0.4 is 5.73 Å². The smallest absolute Gasteiger partial charge is 0.0991 e. The summed E-state index contributed by atoms with van der Waals surface area (Å²) in [5, 5.41) is 9.23. The van der Waals surface area contributed by atoms with Crippen molar-refractivity contribution in [3.05, 3.63) is 99.8 Å². The molecule has 1 aromatic rings. The standard InChI is InChI=1S/C25H30N2/c1-10-22(27)19(9)24(17(6)7)25(23(15(2)3)16(4)5)21-12-11-20(14-26)13-18(21)8/h10-13H,2,4,6,27H2,1,3,5,7-9H3/b22-10+,24-19+. The van der Waals surface area contributed by atoms with Gasteiger partial charge in [-0.2, -0.15) is 5.26 Å². The SMILES string of the molecule is C=C(C)C(C(=C)C)=C(/C(C(=C)C)=C(C)/C(N)=C\C)c1ccc(C#N)cc1C. The molecule has 1 aromatic carbocycles. The van der Waals surface area contributed by atoms with Gasteiger partial charge in [0, 0.05) is 5.70 Å². The van der Waals surface area contributed by atoms with E-state index in [4.69, 9.17) is 5.73 Å². The quantitative estimate of drug-likeness (QED) is 0.588. The zero-order valence-corrected chi connectivity index (χ0v) is 17.5. The van der Waals surface area contributed by atoms with Crippen molar-refractivity contribution in [1.82, 2.24) is 0 Å². The van der Waals surface area contributed by atoms with Crippen molar-refractivity contribution in [2.75, 3.05) is 0 Å². The molecule has 2 heteroatoms. The Morgan fingerprint density at radius 1 is 1.00 bits per heavy atom. The molecule has 0 bridgehead atoms. The third-order valence-corrected chi connectivity index (χ3v) is 4.52. The van der Waals surface area contributed by atoms with E-state index < -0.39 is 0 Å². The van der Waals surface area contributed by atoms with Crippen LogP contribution in [0.5, 0.6) is 0 Å². The summed E-state index contributed by atoms with van der Waals surface area (Å²) < 4.78 is 0. The van der Waals surface area contributed by atoms with E-state index in [0.717, 1.165) is 50.1 Å². The fourth-order valence-electron chi connectivity index (χ4n) is 3.28. The van der Waals surface area contributed by atoms with Gasteiger partial charge in [0.25, 0.3) is 0 Å². The molecule has 0 atom stereocenters. The largest absolute Gasteiger partial charge is 0.399 e. The van der Waals surface area contributed by atoms with E-state index in [1.165, 1.54) is 0 Å². The lowest BCUT2D eigenvalue weighted by molar-refractivity contribution is 1.21. The van der Waals surface area contributed by atoms with E-state index in [-0.39, 0.29) is 0 Å². The van der Waals surface area contributed by atoms with Gasteiger partial charge < -0.3 is 5.73 Å². The number of nitriles is 1. The van der Waals surface area contributed by atoms with Crippen molar-refractivity contribution < 1.29 is 0 Å². The van der Waals surface area contributed by atoms with Crippen LogP contribution in [0.25, 0.3) is 5.57 Å². The summed E-state index contributed by atoms with van der Waals surface area (Å²) >= 11 is 0. The summed E-state index contributed by atoms with van der Waals surface area (Å²) in [6.07, 6.45) is 1.89. The Hall–Kier alpha value is -3.05. The molecular weight excluding hydrogens is 328 g/mol. The molecule has 2 nitrogen and oxygen atoms in total. The van der Waals surface area contributed by atoms with Crippen molar-refractivity contribution in [3.8, 4) is 6.07 Å². The minimum Gasteiger partial charge on any atom is -0.399 e. The van der Waals surface area contributed by atoms with Crippen LogP contribution in [0.3, 0.4) is 0 Å². The fraction of sp³-hybridized carbons (Fsp3) is 0.240. The van der Waals surface area contributed by atoms with Crippen LogP contribution in [-0.2, 0) is 0 Å². The summed E-state index contributed by atoms with van der Waals surface area (Å²) in [6, 6.07) is 7.92. The zero-order valence-electron chi connectivity index (χ0n) is 17.5. The van der Waals surface area contributed by atoms with Crippen LogP contribution >= 0.6 is 0 Å². The highest BCUT2D eigenvalue weighted by Gasteiger charge is 2.21. The number of benzene rings is 1. The normalized spacial score (nSPS) is 12.0. The van der Waals surface area contributed by atoms with Gasteiger partial charge in [-0.15, -0.1) is 0 Å². The summed E-state index contributed by atoms with van der Waals surface area (Å²) in [4.78, 5) is 0. The number of hydrogen-bond acceptors (Lipinski definition) is 2. The minimum atomic E-state index is 0.633. The second-order valence-electron chi connectivity index (χ2n) is 6.98. The average molecular weight is 359 g/mol. The number of rotatable bonds is 6. The summed E-state index contributed by atoms with van der Waals surface area (Å²) in [7, 11) is 0. The third kappa shape index (κ3) is 4.77. The summed E-state index contributed by atoms with van der Waals surface area (Å²) in [5.74, 6) is 0. The van der Waals surface area contributed by atoms with Gasteiger partial charge in [0.15, 0.2) is 0 Å². The minimum absolute atomic E-state index is 0.633. The van der Waals surface area contributed by atoms with E-state index in [9.17, 15) is 5.26 Å². The van der Waals surface area contributed by atoms with Gasteiger partial charge in [-0.3, -0.25) is 0 Å². The number of nitrogens with two attached hydrogens (primary N) is 1. The van der Waals surface area contributed by atoms with Crippen molar-refractivity contribution >= 4 is 5.57 Å². The number of nitrogens with zero attached hydrogens (tertiary/aromatic N) is 1. The van der Waals surface area contributed by atoms with E-state index in [1.54, 1.807) is 0 Å². The Kier molecular flexibility index (Phi) is 7.37. The molecule has 0 fully saturated rings. The molecule has 0 aliphatic carbocycles. The molecule has 0 aliphatic heterocycles. The third-order valence-electron chi connectivity index (χ3n) is 4.52. The van der Waals surface area contributed by atoms with Crippen LogP contribution in [0.1, 0.15) is 51.3 Å². The summed E-state index contributed by atoms with van der Waals surface area (Å²) in [5.41, 5.74) is 16.3. The van der Waals surface area contributed by atoms with Crippen LogP contribution in [0.4, 0.5) is 0 Å². The zero-order chi connectivity index (χ0) is 20.9.